The number of allylic oxidation sites excluding steroid dienone is 1. The molecule has 0 saturated heterocycles. The van der Waals surface area contributed by atoms with Crippen LogP contribution in [0.4, 0.5) is 0 Å². The molecule has 0 rings (SSSR count). The molecular formula is C7H14O. The van der Waals surface area contributed by atoms with Gasteiger partial charge in [-0.05, 0) is 19.3 Å². The Balaban J connectivity index is 3.30. The van der Waals surface area contributed by atoms with Gasteiger partial charge in [0.15, 0.2) is 0 Å². The highest BCUT2D eigenvalue weighted by molar-refractivity contribution is 4.72. The van der Waals surface area contributed by atoms with E-state index in [0.717, 1.165) is 6.42 Å². The zero-order valence-electron chi connectivity index (χ0n) is 5.59. The third-order valence-electron chi connectivity index (χ3n) is 1.36. The van der Waals surface area contributed by atoms with E-state index >= 15 is 0 Å². The molecule has 0 aliphatic carbocycles. The minimum Gasteiger partial charge on any atom is -0.393 e. The Hall–Kier alpha value is -0.300. The highest BCUT2D eigenvalue weighted by atomic mass is 16.3. The summed E-state index contributed by atoms with van der Waals surface area (Å²) in [4.78, 5) is 0. The van der Waals surface area contributed by atoms with E-state index in [2.05, 4.69) is 6.58 Å². The molecule has 2 atom stereocenters. The maximum absolute atomic E-state index is 8.90. The summed E-state index contributed by atoms with van der Waals surface area (Å²) >= 11 is 0. The van der Waals surface area contributed by atoms with Crippen LogP contribution in [0.1, 0.15) is 20.3 Å². The van der Waals surface area contributed by atoms with Crippen LogP contribution in [-0.4, -0.2) is 11.2 Å². The lowest BCUT2D eigenvalue weighted by Gasteiger charge is -2.10. The van der Waals surface area contributed by atoms with Crippen molar-refractivity contribution in [3.63, 3.8) is 0 Å². The van der Waals surface area contributed by atoms with Gasteiger partial charge in [0.05, 0.1) is 6.10 Å². The summed E-state index contributed by atoms with van der Waals surface area (Å²) in [6.45, 7) is 7.38. The van der Waals surface area contributed by atoms with Crippen LogP contribution in [0, 0.1) is 5.92 Å². The predicted molar refractivity (Wildman–Crippen MR) is 35.7 cm³/mol. The number of hydrogen-bond donors (Lipinski definition) is 1. The Morgan fingerprint density at radius 3 is 2.25 bits per heavy atom. The van der Waals surface area contributed by atoms with Gasteiger partial charge in [-0.25, -0.2) is 0 Å². The Kier molecular flexibility index (Phi) is 3.53. The summed E-state index contributed by atoms with van der Waals surface area (Å²) in [5.74, 6) is 0.354. The van der Waals surface area contributed by atoms with E-state index in [0.29, 0.717) is 5.92 Å². The Bertz CT molecular complexity index is 66.8. The van der Waals surface area contributed by atoms with Crippen LogP contribution in [0.3, 0.4) is 0 Å². The van der Waals surface area contributed by atoms with Gasteiger partial charge in [0.1, 0.15) is 0 Å². The molecule has 0 bridgehead atoms. The summed E-state index contributed by atoms with van der Waals surface area (Å²) in [6.07, 6.45) is 2.53. The average molecular weight is 114 g/mol. The van der Waals surface area contributed by atoms with Crippen molar-refractivity contribution >= 4 is 0 Å². The van der Waals surface area contributed by atoms with Crippen LogP contribution < -0.4 is 0 Å². The molecule has 0 aromatic rings. The SMILES string of the molecule is C=CC[C@H](C)[C@@H](C)O. The van der Waals surface area contributed by atoms with Crippen LogP contribution >= 0.6 is 0 Å². The maximum atomic E-state index is 8.90. The van der Waals surface area contributed by atoms with Crippen molar-refractivity contribution in [2.45, 2.75) is 26.4 Å². The van der Waals surface area contributed by atoms with E-state index in [1.807, 2.05) is 13.0 Å². The molecule has 48 valence electrons. The Morgan fingerprint density at radius 1 is 1.62 bits per heavy atom. The molecule has 0 fully saturated rings. The molecule has 0 heterocycles. The van der Waals surface area contributed by atoms with Crippen molar-refractivity contribution in [1.29, 1.82) is 0 Å². The van der Waals surface area contributed by atoms with Gasteiger partial charge in [-0.3, -0.25) is 0 Å². The van der Waals surface area contributed by atoms with Crippen molar-refractivity contribution in [2.24, 2.45) is 5.92 Å². The van der Waals surface area contributed by atoms with Gasteiger partial charge < -0.3 is 5.11 Å². The minimum atomic E-state index is -0.201. The molecule has 0 radical (unpaired) electrons. The van der Waals surface area contributed by atoms with Gasteiger partial charge >= 0.3 is 0 Å². The van der Waals surface area contributed by atoms with Gasteiger partial charge in [0, 0.05) is 0 Å². The molecule has 0 aromatic carbocycles. The molecule has 8 heavy (non-hydrogen) atoms. The third-order valence-corrected chi connectivity index (χ3v) is 1.36. The lowest BCUT2D eigenvalue weighted by Crippen LogP contribution is -2.11. The molecule has 0 unspecified atom stereocenters. The molecule has 1 heteroatoms. The second kappa shape index (κ2) is 3.67. The average Bonchev–Trinajstić information content (AvgIpc) is 1.67. The minimum absolute atomic E-state index is 0.201. The zero-order valence-corrected chi connectivity index (χ0v) is 5.59. The molecule has 1 N–H and O–H groups in total. The monoisotopic (exact) mass is 114 g/mol. The predicted octanol–water partition coefficient (Wildman–Crippen LogP) is 1.58. The van der Waals surface area contributed by atoms with Gasteiger partial charge in [0.2, 0.25) is 0 Å². The number of aliphatic hydroxyl groups excluding tert-OH is 1. The van der Waals surface area contributed by atoms with Crippen LogP contribution in [0.5, 0.6) is 0 Å². The van der Waals surface area contributed by atoms with Crippen LogP contribution in [0.25, 0.3) is 0 Å². The molecule has 0 aromatic heterocycles. The van der Waals surface area contributed by atoms with E-state index in [9.17, 15) is 0 Å². The standard InChI is InChI=1S/C7H14O/c1-4-5-6(2)7(3)8/h4,6-8H,1,5H2,2-3H3/t6-,7+/m0/s1. The molecule has 0 saturated carbocycles. The number of aliphatic hydroxyl groups is 1. The lowest BCUT2D eigenvalue weighted by molar-refractivity contribution is 0.136. The maximum Gasteiger partial charge on any atom is 0.0540 e. The first-order chi connectivity index (χ1) is 3.68. The van der Waals surface area contributed by atoms with E-state index in [1.165, 1.54) is 0 Å². The molecule has 0 aliphatic heterocycles. The first kappa shape index (κ1) is 7.70. The molecular weight excluding hydrogens is 100 g/mol. The van der Waals surface area contributed by atoms with Crippen molar-refractivity contribution < 1.29 is 5.11 Å². The Labute approximate surface area is 51.0 Å². The van der Waals surface area contributed by atoms with Crippen molar-refractivity contribution in [3.05, 3.63) is 12.7 Å². The largest absolute Gasteiger partial charge is 0.393 e. The third kappa shape index (κ3) is 2.80. The van der Waals surface area contributed by atoms with E-state index in [4.69, 9.17) is 5.11 Å². The molecule has 0 amide bonds. The number of rotatable bonds is 3. The van der Waals surface area contributed by atoms with Crippen molar-refractivity contribution in [2.75, 3.05) is 0 Å². The van der Waals surface area contributed by atoms with E-state index in [1.54, 1.807) is 6.92 Å². The lowest BCUT2D eigenvalue weighted by atomic mass is 10.0. The first-order valence-corrected chi connectivity index (χ1v) is 2.97. The smallest absolute Gasteiger partial charge is 0.0540 e. The topological polar surface area (TPSA) is 20.2 Å². The van der Waals surface area contributed by atoms with Crippen molar-refractivity contribution in [1.82, 2.24) is 0 Å². The van der Waals surface area contributed by atoms with Crippen molar-refractivity contribution in [3.8, 4) is 0 Å². The summed E-state index contributed by atoms with van der Waals surface area (Å²) in [7, 11) is 0. The van der Waals surface area contributed by atoms with Gasteiger partial charge in [-0.2, -0.15) is 0 Å². The molecule has 0 spiro atoms. The zero-order chi connectivity index (χ0) is 6.57. The quantitative estimate of drug-likeness (QED) is 0.552. The Morgan fingerprint density at radius 2 is 2.12 bits per heavy atom. The van der Waals surface area contributed by atoms with Crippen LogP contribution in [0.15, 0.2) is 12.7 Å². The van der Waals surface area contributed by atoms with E-state index < -0.39 is 0 Å². The van der Waals surface area contributed by atoms with Gasteiger partial charge in [-0.1, -0.05) is 13.0 Å². The second-order valence-electron chi connectivity index (χ2n) is 2.24. The summed E-state index contributed by atoms with van der Waals surface area (Å²) in [5.41, 5.74) is 0. The second-order valence-corrected chi connectivity index (χ2v) is 2.24. The fraction of sp³-hybridized carbons (Fsp3) is 0.714. The van der Waals surface area contributed by atoms with Gasteiger partial charge in [0.25, 0.3) is 0 Å². The summed E-state index contributed by atoms with van der Waals surface area (Å²) < 4.78 is 0. The fourth-order valence-corrected chi connectivity index (χ4v) is 0.460. The molecule has 0 aliphatic rings. The summed E-state index contributed by atoms with van der Waals surface area (Å²) in [6, 6.07) is 0. The van der Waals surface area contributed by atoms with E-state index in [-0.39, 0.29) is 6.10 Å². The molecule has 1 nitrogen and oxygen atoms in total. The normalized spacial score (nSPS) is 17.4. The highest BCUT2D eigenvalue weighted by Gasteiger charge is 2.04. The number of hydrogen-bond acceptors (Lipinski definition) is 1. The van der Waals surface area contributed by atoms with Gasteiger partial charge in [-0.15, -0.1) is 6.58 Å². The fourth-order valence-electron chi connectivity index (χ4n) is 0.460. The first-order valence-electron chi connectivity index (χ1n) is 2.97. The highest BCUT2D eigenvalue weighted by Crippen LogP contribution is 2.06. The van der Waals surface area contributed by atoms with Crippen LogP contribution in [0.2, 0.25) is 0 Å². The van der Waals surface area contributed by atoms with Crippen LogP contribution in [-0.2, 0) is 0 Å². The summed E-state index contributed by atoms with van der Waals surface area (Å²) in [5, 5.41) is 8.90.